The minimum absolute atomic E-state index is 0.00263. The molecule has 0 radical (unpaired) electrons. The number of nitrogens with zero attached hydrogens (tertiary/aromatic N) is 3. The van der Waals surface area contributed by atoms with E-state index < -0.39 is 0 Å². The van der Waals surface area contributed by atoms with Gasteiger partial charge in [-0.3, -0.25) is 9.59 Å². The largest absolute Gasteiger partial charge is 0.441 e. The Morgan fingerprint density at radius 3 is 2.43 bits per heavy atom. The number of carbonyl (C=O) groups excluding carboxylic acids is 2. The molecule has 3 heterocycles. The molecule has 2 aliphatic rings. The van der Waals surface area contributed by atoms with Gasteiger partial charge in [0.1, 0.15) is 5.82 Å². The van der Waals surface area contributed by atoms with Gasteiger partial charge in [0.25, 0.3) is 0 Å². The number of hydrogen-bond donors (Lipinski definition) is 0. The normalized spacial score (nSPS) is 17.9. The Morgan fingerprint density at radius 2 is 1.73 bits per heavy atom. The molecule has 0 atom stereocenters. The second-order valence-corrected chi connectivity index (χ2v) is 7.72. The molecule has 1 aromatic carbocycles. The predicted octanol–water partition coefficient (Wildman–Crippen LogP) is 2.51. The highest BCUT2D eigenvalue weighted by Gasteiger charge is 2.30. The summed E-state index contributed by atoms with van der Waals surface area (Å²) in [5, 5.41) is 0. The molecule has 4 rings (SSSR count). The Kier molecular flexibility index (Phi) is 6.42. The zero-order valence-electron chi connectivity index (χ0n) is 16.9. The van der Waals surface area contributed by atoms with E-state index in [1.165, 1.54) is 12.1 Å². The highest BCUT2D eigenvalue weighted by atomic mass is 19.1. The Hall–Kier alpha value is -2.74. The van der Waals surface area contributed by atoms with E-state index in [0.29, 0.717) is 76.7 Å². The van der Waals surface area contributed by atoms with Gasteiger partial charge in [-0.15, -0.1) is 0 Å². The molecule has 2 aromatic rings. The van der Waals surface area contributed by atoms with Crippen LogP contribution in [-0.4, -0.2) is 66.0 Å². The van der Waals surface area contributed by atoms with Crippen LogP contribution in [0, 0.1) is 11.7 Å². The van der Waals surface area contributed by atoms with Gasteiger partial charge in [-0.25, -0.2) is 9.37 Å². The molecule has 30 heavy (non-hydrogen) atoms. The summed E-state index contributed by atoms with van der Waals surface area (Å²) in [6.07, 6.45) is 3.72. The fourth-order valence-electron chi connectivity index (χ4n) is 3.96. The van der Waals surface area contributed by atoms with Gasteiger partial charge in [-0.2, -0.15) is 0 Å². The maximum Gasteiger partial charge on any atom is 0.225 e. The number of morpholine rings is 1. The number of halogens is 1. The van der Waals surface area contributed by atoms with Crippen LogP contribution < -0.4 is 0 Å². The first-order valence-electron chi connectivity index (χ1n) is 10.4. The van der Waals surface area contributed by atoms with Gasteiger partial charge in [0.05, 0.1) is 19.4 Å². The molecule has 0 saturated carbocycles. The molecule has 160 valence electrons. The molecule has 1 aromatic heterocycles. The number of hydrogen-bond acceptors (Lipinski definition) is 5. The van der Waals surface area contributed by atoms with Crippen LogP contribution in [0.3, 0.4) is 0 Å². The Morgan fingerprint density at radius 1 is 1.03 bits per heavy atom. The number of rotatable bonds is 5. The number of aromatic nitrogens is 1. The molecule has 0 spiro atoms. The average Bonchev–Trinajstić information content (AvgIpc) is 3.27. The minimum atomic E-state index is -0.306. The van der Waals surface area contributed by atoms with Crippen LogP contribution in [0.15, 0.2) is 34.9 Å². The lowest BCUT2D eigenvalue weighted by molar-refractivity contribution is -0.143. The second kappa shape index (κ2) is 9.38. The van der Waals surface area contributed by atoms with Crippen LogP contribution in [0.5, 0.6) is 0 Å². The third-order valence-corrected chi connectivity index (χ3v) is 5.75. The van der Waals surface area contributed by atoms with Gasteiger partial charge in [0.2, 0.25) is 11.8 Å². The van der Waals surface area contributed by atoms with Crippen LogP contribution in [0.2, 0.25) is 0 Å². The monoisotopic (exact) mass is 415 g/mol. The molecule has 8 heteroatoms. The van der Waals surface area contributed by atoms with Crippen molar-refractivity contribution in [1.82, 2.24) is 14.8 Å². The highest BCUT2D eigenvalue weighted by molar-refractivity contribution is 5.80. The molecule has 0 N–H and O–H groups in total. The van der Waals surface area contributed by atoms with Crippen molar-refractivity contribution in [1.29, 1.82) is 0 Å². The average molecular weight is 415 g/mol. The summed E-state index contributed by atoms with van der Waals surface area (Å²) in [5.74, 6) is 0.976. The van der Waals surface area contributed by atoms with Gasteiger partial charge in [0.15, 0.2) is 11.7 Å². The third-order valence-electron chi connectivity index (χ3n) is 5.75. The smallest absolute Gasteiger partial charge is 0.225 e. The van der Waals surface area contributed by atoms with E-state index in [2.05, 4.69) is 4.98 Å². The number of carbonyl (C=O) groups is 2. The number of amides is 2. The molecule has 2 aliphatic heterocycles. The lowest BCUT2D eigenvalue weighted by atomic mass is 9.95. The van der Waals surface area contributed by atoms with Crippen molar-refractivity contribution in [2.24, 2.45) is 5.92 Å². The zero-order valence-corrected chi connectivity index (χ0v) is 16.9. The van der Waals surface area contributed by atoms with Crippen molar-refractivity contribution >= 4 is 11.8 Å². The molecule has 2 amide bonds. The summed E-state index contributed by atoms with van der Waals surface area (Å²) in [4.78, 5) is 33.1. The molecule has 0 unspecified atom stereocenters. The molecule has 2 saturated heterocycles. The summed E-state index contributed by atoms with van der Waals surface area (Å²) in [6, 6.07) is 6.00. The van der Waals surface area contributed by atoms with Crippen LogP contribution >= 0.6 is 0 Å². The maximum absolute atomic E-state index is 13.0. The highest BCUT2D eigenvalue weighted by Crippen LogP contribution is 2.23. The quantitative estimate of drug-likeness (QED) is 0.750. The minimum Gasteiger partial charge on any atom is -0.441 e. The lowest BCUT2D eigenvalue weighted by Crippen LogP contribution is -2.47. The number of aryl methyl sites for hydroxylation is 1. The number of likely N-dealkylation sites (tertiary alicyclic amines) is 1. The SMILES string of the molecule is O=C(CCc1ncc(-c2ccc(F)cc2)o1)N1CCC(C(=O)N2CCOCC2)CC1. The van der Waals surface area contributed by atoms with Gasteiger partial charge in [-0.1, -0.05) is 0 Å². The van der Waals surface area contributed by atoms with Gasteiger partial charge in [-0.05, 0) is 37.1 Å². The first-order chi connectivity index (χ1) is 14.6. The standard InChI is InChI=1S/C22H26FN3O4/c23-18-3-1-16(2-4-18)19-15-24-20(30-19)5-6-21(27)25-9-7-17(8-10-25)22(28)26-11-13-29-14-12-26/h1-4,15,17H,5-14H2. The maximum atomic E-state index is 13.0. The van der Waals surface area contributed by atoms with Crippen molar-refractivity contribution in [3.05, 3.63) is 42.2 Å². The van der Waals surface area contributed by atoms with E-state index in [4.69, 9.17) is 9.15 Å². The number of piperidine rings is 1. The van der Waals surface area contributed by atoms with Gasteiger partial charge in [0, 0.05) is 50.5 Å². The van der Waals surface area contributed by atoms with Crippen LogP contribution in [0.4, 0.5) is 4.39 Å². The summed E-state index contributed by atoms with van der Waals surface area (Å²) >= 11 is 0. The van der Waals surface area contributed by atoms with E-state index >= 15 is 0 Å². The van der Waals surface area contributed by atoms with Crippen molar-refractivity contribution in [3.63, 3.8) is 0 Å². The van der Waals surface area contributed by atoms with E-state index in [1.54, 1.807) is 18.3 Å². The fourth-order valence-corrected chi connectivity index (χ4v) is 3.96. The Labute approximate surface area is 174 Å². The van der Waals surface area contributed by atoms with E-state index in [0.717, 1.165) is 5.56 Å². The zero-order chi connectivity index (χ0) is 20.9. The summed E-state index contributed by atoms with van der Waals surface area (Å²) in [5.41, 5.74) is 0.744. The topological polar surface area (TPSA) is 75.9 Å². The lowest BCUT2D eigenvalue weighted by Gasteiger charge is -2.35. The summed E-state index contributed by atoms with van der Waals surface area (Å²) < 4.78 is 24.0. The number of benzene rings is 1. The van der Waals surface area contributed by atoms with Crippen molar-refractivity contribution in [3.8, 4) is 11.3 Å². The van der Waals surface area contributed by atoms with E-state index in [9.17, 15) is 14.0 Å². The number of oxazole rings is 1. The first kappa shape index (κ1) is 20.5. The molecule has 0 aliphatic carbocycles. The third kappa shape index (κ3) is 4.87. The van der Waals surface area contributed by atoms with E-state index in [-0.39, 0.29) is 23.5 Å². The van der Waals surface area contributed by atoms with Crippen molar-refractivity contribution in [2.75, 3.05) is 39.4 Å². The summed E-state index contributed by atoms with van der Waals surface area (Å²) in [7, 11) is 0. The molecular weight excluding hydrogens is 389 g/mol. The van der Waals surface area contributed by atoms with E-state index in [1.807, 2.05) is 9.80 Å². The summed E-state index contributed by atoms with van der Waals surface area (Å²) in [6.45, 7) is 3.74. The Bertz CT molecular complexity index is 869. The molecular formula is C22H26FN3O4. The molecule has 0 bridgehead atoms. The second-order valence-electron chi connectivity index (χ2n) is 7.72. The van der Waals surface area contributed by atoms with Crippen molar-refractivity contribution < 1.29 is 23.1 Å². The van der Waals surface area contributed by atoms with Crippen LogP contribution in [-0.2, 0) is 20.7 Å². The van der Waals surface area contributed by atoms with Gasteiger partial charge >= 0.3 is 0 Å². The van der Waals surface area contributed by atoms with Crippen molar-refractivity contribution in [2.45, 2.75) is 25.7 Å². The van der Waals surface area contributed by atoms with Crippen LogP contribution in [0.1, 0.15) is 25.2 Å². The fraction of sp³-hybridized carbons (Fsp3) is 0.500. The molecule has 2 fully saturated rings. The van der Waals surface area contributed by atoms with Crippen LogP contribution in [0.25, 0.3) is 11.3 Å². The number of ether oxygens (including phenoxy) is 1. The Balaban J connectivity index is 1.23. The van der Waals surface area contributed by atoms with Gasteiger partial charge < -0.3 is 19.0 Å². The first-order valence-corrected chi connectivity index (χ1v) is 10.4. The molecule has 7 nitrogen and oxygen atoms in total. The predicted molar refractivity (Wildman–Crippen MR) is 107 cm³/mol.